The number of aromatic nitrogens is 2. The van der Waals surface area contributed by atoms with Crippen LogP contribution in [0.4, 0.5) is 0 Å². The van der Waals surface area contributed by atoms with Gasteiger partial charge in [0.25, 0.3) is 0 Å². The first-order valence-electron chi connectivity index (χ1n) is 6.53. The van der Waals surface area contributed by atoms with E-state index in [2.05, 4.69) is 10.2 Å². The Kier molecular flexibility index (Phi) is 3.54. The van der Waals surface area contributed by atoms with Crippen LogP contribution < -0.4 is 5.73 Å². The minimum absolute atomic E-state index is 0.0619. The van der Waals surface area contributed by atoms with Crippen molar-refractivity contribution in [3.05, 3.63) is 24.0 Å². The predicted molar refractivity (Wildman–Crippen MR) is 72.3 cm³/mol. The van der Waals surface area contributed by atoms with Crippen molar-refractivity contribution >= 4 is 11.8 Å². The van der Waals surface area contributed by atoms with Crippen molar-refractivity contribution < 1.29 is 4.74 Å². The van der Waals surface area contributed by atoms with Gasteiger partial charge in [-0.25, -0.2) is 0 Å². The molecule has 0 radical (unpaired) electrons. The van der Waals surface area contributed by atoms with E-state index in [0.29, 0.717) is 5.92 Å². The van der Waals surface area contributed by atoms with E-state index in [4.69, 9.17) is 10.5 Å². The molecule has 3 rings (SSSR count). The zero-order valence-corrected chi connectivity index (χ0v) is 11.2. The van der Waals surface area contributed by atoms with E-state index in [1.54, 1.807) is 12.4 Å². The van der Waals surface area contributed by atoms with E-state index in [1.165, 1.54) is 12.2 Å². The molecule has 0 saturated carbocycles. The highest BCUT2D eigenvalue weighted by atomic mass is 32.2. The topological polar surface area (TPSA) is 61.0 Å². The molecule has 0 amide bonds. The average Bonchev–Trinajstić information content (AvgIpc) is 2.87. The third-order valence-corrected chi connectivity index (χ3v) is 5.32. The molecule has 1 aromatic heterocycles. The summed E-state index contributed by atoms with van der Waals surface area (Å²) in [5.41, 5.74) is 7.59. The van der Waals surface area contributed by atoms with Gasteiger partial charge in [0.1, 0.15) is 0 Å². The summed E-state index contributed by atoms with van der Waals surface area (Å²) in [6.07, 6.45) is 6.82. The molecular formula is C13H19N3OS. The van der Waals surface area contributed by atoms with Gasteiger partial charge >= 0.3 is 0 Å². The lowest BCUT2D eigenvalue weighted by molar-refractivity contribution is -0.0834. The molecule has 2 aliphatic rings. The molecule has 2 fully saturated rings. The lowest BCUT2D eigenvalue weighted by atomic mass is 9.80. The van der Waals surface area contributed by atoms with Crippen LogP contribution in [0.15, 0.2) is 18.5 Å². The Hall–Kier alpha value is -0.650. The molecule has 3 unspecified atom stereocenters. The Bertz CT molecular complexity index is 394. The molecule has 3 atom stereocenters. The third-order valence-electron chi connectivity index (χ3n) is 4.10. The second-order valence-electron chi connectivity index (χ2n) is 5.29. The van der Waals surface area contributed by atoms with Crippen LogP contribution in [0.25, 0.3) is 0 Å². The zero-order chi connectivity index (χ0) is 12.4. The first-order chi connectivity index (χ1) is 8.79. The van der Waals surface area contributed by atoms with Crippen LogP contribution >= 0.6 is 11.8 Å². The van der Waals surface area contributed by atoms with Crippen molar-refractivity contribution in [1.29, 1.82) is 0 Å². The summed E-state index contributed by atoms with van der Waals surface area (Å²) < 4.78 is 6.04. The lowest BCUT2D eigenvalue weighted by Crippen LogP contribution is -2.42. The smallest absolute Gasteiger partial charge is 0.0783 e. The van der Waals surface area contributed by atoms with Crippen LogP contribution in [0.1, 0.15) is 30.9 Å². The van der Waals surface area contributed by atoms with Crippen LogP contribution in [0.5, 0.6) is 0 Å². The SMILES string of the molecule is NC(c1ccnnc1)C1CCOC2(CCSC2)C1. The highest BCUT2D eigenvalue weighted by molar-refractivity contribution is 7.99. The Morgan fingerprint density at radius 1 is 1.50 bits per heavy atom. The fourth-order valence-electron chi connectivity index (χ4n) is 3.01. The van der Waals surface area contributed by atoms with Gasteiger partial charge in [-0.05, 0) is 42.6 Å². The summed E-state index contributed by atoms with van der Waals surface area (Å²) in [5.74, 6) is 2.85. The Morgan fingerprint density at radius 3 is 3.17 bits per heavy atom. The molecule has 0 bridgehead atoms. The molecule has 1 spiro atoms. The maximum absolute atomic E-state index is 6.39. The zero-order valence-electron chi connectivity index (χ0n) is 10.4. The normalized spacial score (nSPS) is 33.7. The van der Waals surface area contributed by atoms with E-state index >= 15 is 0 Å². The van der Waals surface area contributed by atoms with Crippen LogP contribution in [0.2, 0.25) is 0 Å². The number of hydrogen-bond donors (Lipinski definition) is 1. The first kappa shape index (κ1) is 12.4. The highest BCUT2D eigenvalue weighted by Crippen LogP contribution is 2.43. The second kappa shape index (κ2) is 5.15. The number of rotatable bonds is 2. The van der Waals surface area contributed by atoms with Crippen molar-refractivity contribution in [3.63, 3.8) is 0 Å². The fraction of sp³-hybridized carbons (Fsp3) is 0.692. The summed E-state index contributed by atoms with van der Waals surface area (Å²) in [4.78, 5) is 0. The number of thioether (sulfide) groups is 1. The summed E-state index contributed by atoms with van der Waals surface area (Å²) >= 11 is 2.00. The molecule has 18 heavy (non-hydrogen) atoms. The number of hydrogen-bond acceptors (Lipinski definition) is 5. The van der Waals surface area contributed by atoms with Gasteiger partial charge in [-0.1, -0.05) is 0 Å². The van der Waals surface area contributed by atoms with Crippen LogP contribution in [0.3, 0.4) is 0 Å². The van der Waals surface area contributed by atoms with Crippen LogP contribution in [-0.4, -0.2) is 33.9 Å². The third kappa shape index (κ3) is 2.39. The molecule has 5 heteroatoms. The molecule has 0 aliphatic carbocycles. The van der Waals surface area contributed by atoms with E-state index in [-0.39, 0.29) is 11.6 Å². The van der Waals surface area contributed by atoms with Crippen molar-refractivity contribution in [1.82, 2.24) is 10.2 Å². The van der Waals surface area contributed by atoms with Gasteiger partial charge in [-0.2, -0.15) is 22.0 Å². The molecule has 1 aromatic rings. The molecule has 3 heterocycles. The fourth-order valence-corrected chi connectivity index (χ4v) is 4.38. The summed E-state index contributed by atoms with van der Waals surface area (Å²) in [6.45, 7) is 0.845. The van der Waals surface area contributed by atoms with Gasteiger partial charge in [0.15, 0.2) is 0 Å². The van der Waals surface area contributed by atoms with E-state index in [9.17, 15) is 0 Å². The van der Waals surface area contributed by atoms with E-state index in [0.717, 1.165) is 30.8 Å². The molecule has 2 saturated heterocycles. The minimum Gasteiger partial charge on any atom is -0.374 e. The minimum atomic E-state index is 0.0619. The Morgan fingerprint density at radius 2 is 2.44 bits per heavy atom. The Balaban J connectivity index is 1.72. The van der Waals surface area contributed by atoms with Gasteiger partial charge in [-0.15, -0.1) is 0 Å². The van der Waals surface area contributed by atoms with Crippen molar-refractivity contribution in [3.8, 4) is 0 Å². The molecular weight excluding hydrogens is 246 g/mol. The van der Waals surface area contributed by atoms with Crippen LogP contribution in [-0.2, 0) is 4.74 Å². The standard InChI is InChI=1S/C13H19N3OS/c14-12(11-1-4-15-16-8-11)10-2-5-17-13(7-10)3-6-18-9-13/h1,4,8,10,12H,2-3,5-7,9,14H2. The number of nitrogens with zero attached hydrogens (tertiary/aromatic N) is 2. The highest BCUT2D eigenvalue weighted by Gasteiger charge is 2.42. The van der Waals surface area contributed by atoms with Crippen LogP contribution in [0, 0.1) is 5.92 Å². The van der Waals surface area contributed by atoms with Crippen molar-refractivity contribution in [2.24, 2.45) is 11.7 Å². The quantitative estimate of drug-likeness (QED) is 0.883. The first-order valence-corrected chi connectivity index (χ1v) is 7.68. The summed E-state index contributed by atoms with van der Waals surface area (Å²) in [7, 11) is 0. The van der Waals surface area contributed by atoms with Gasteiger partial charge < -0.3 is 10.5 Å². The van der Waals surface area contributed by atoms with E-state index in [1.807, 2.05) is 17.8 Å². The maximum Gasteiger partial charge on any atom is 0.0783 e. The van der Waals surface area contributed by atoms with Gasteiger partial charge in [0.2, 0.25) is 0 Å². The van der Waals surface area contributed by atoms with Gasteiger partial charge in [-0.3, -0.25) is 0 Å². The predicted octanol–water partition coefficient (Wildman–Crippen LogP) is 1.78. The monoisotopic (exact) mass is 265 g/mol. The van der Waals surface area contributed by atoms with Gasteiger partial charge in [0, 0.05) is 24.6 Å². The molecule has 98 valence electrons. The molecule has 0 aromatic carbocycles. The van der Waals surface area contributed by atoms with Crippen molar-refractivity contribution in [2.75, 3.05) is 18.1 Å². The summed E-state index contributed by atoms with van der Waals surface area (Å²) in [6, 6.07) is 2.04. The molecule has 2 aliphatic heterocycles. The molecule has 4 nitrogen and oxygen atoms in total. The lowest BCUT2D eigenvalue weighted by Gasteiger charge is -2.40. The largest absolute Gasteiger partial charge is 0.374 e. The Labute approximate surface area is 112 Å². The molecule has 2 N–H and O–H groups in total. The average molecular weight is 265 g/mol. The van der Waals surface area contributed by atoms with E-state index < -0.39 is 0 Å². The maximum atomic E-state index is 6.39. The summed E-state index contributed by atoms with van der Waals surface area (Å²) in [5, 5.41) is 7.73. The number of ether oxygens (including phenoxy) is 1. The van der Waals surface area contributed by atoms with Gasteiger partial charge in [0.05, 0.1) is 11.8 Å². The second-order valence-corrected chi connectivity index (χ2v) is 6.39. The van der Waals surface area contributed by atoms with Crippen molar-refractivity contribution in [2.45, 2.75) is 30.9 Å². The number of nitrogens with two attached hydrogens (primary N) is 1.